The minimum absolute atomic E-state index is 0.342. The average Bonchev–Trinajstić information content (AvgIpc) is 2.97. The molecule has 1 fully saturated rings. The van der Waals surface area contributed by atoms with Crippen molar-refractivity contribution in [2.75, 3.05) is 6.61 Å². The fraction of sp³-hybridized carbons (Fsp3) is 0.769. The van der Waals surface area contributed by atoms with Crippen molar-refractivity contribution >= 4 is 5.97 Å². The van der Waals surface area contributed by atoms with Crippen LogP contribution in [0.2, 0.25) is 0 Å². The van der Waals surface area contributed by atoms with Gasteiger partial charge in [0.05, 0.1) is 18.3 Å². The summed E-state index contributed by atoms with van der Waals surface area (Å²) in [5.41, 5.74) is 1.36. The number of hydrogen-bond acceptors (Lipinski definition) is 4. The smallest absolute Gasteiger partial charge is 0.360 e. The van der Waals surface area contributed by atoms with E-state index in [0.717, 1.165) is 31.4 Å². The molecule has 0 aliphatic heterocycles. The SMILES string of the molecule is CCCc1c(C(=O)OCC)nnn1C1CCCC1. The van der Waals surface area contributed by atoms with Crippen molar-refractivity contribution in [3.63, 3.8) is 0 Å². The Labute approximate surface area is 108 Å². The molecule has 0 bridgehead atoms. The van der Waals surface area contributed by atoms with Crippen LogP contribution in [-0.4, -0.2) is 27.6 Å². The molecule has 100 valence electrons. The van der Waals surface area contributed by atoms with E-state index in [-0.39, 0.29) is 5.97 Å². The van der Waals surface area contributed by atoms with Crippen LogP contribution in [0.3, 0.4) is 0 Å². The number of carbonyl (C=O) groups excluding carboxylic acids is 1. The zero-order valence-electron chi connectivity index (χ0n) is 11.2. The van der Waals surface area contributed by atoms with Gasteiger partial charge >= 0.3 is 5.97 Å². The molecule has 18 heavy (non-hydrogen) atoms. The first kappa shape index (κ1) is 13.1. The Bertz CT molecular complexity index is 408. The van der Waals surface area contributed by atoms with Gasteiger partial charge in [-0.1, -0.05) is 31.4 Å². The molecule has 0 atom stereocenters. The Hall–Kier alpha value is -1.39. The van der Waals surface area contributed by atoms with Crippen molar-refractivity contribution in [3.05, 3.63) is 11.4 Å². The van der Waals surface area contributed by atoms with E-state index in [2.05, 4.69) is 17.2 Å². The van der Waals surface area contributed by atoms with Crippen molar-refractivity contribution in [2.24, 2.45) is 0 Å². The van der Waals surface area contributed by atoms with Gasteiger partial charge in [0.1, 0.15) is 0 Å². The minimum Gasteiger partial charge on any atom is -0.461 e. The van der Waals surface area contributed by atoms with Gasteiger partial charge in [-0.05, 0) is 26.2 Å². The summed E-state index contributed by atoms with van der Waals surface area (Å²) in [6.07, 6.45) is 6.57. The van der Waals surface area contributed by atoms with E-state index >= 15 is 0 Å². The summed E-state index contributed by atoms with van der Waals surface area (Å²) >= 11 is 0. The maximum absolute atomic E-state index is 11.8. The quantitative estimate of drug-likeness (QED) is 0.754. The van der Waals surface area contributed by atoms with Crippen LogP contribution in [0, 0.1) is 0 Å². The summed E-state index contributed by atoms with van der Waals surface area (Å²) in [6.45, 7) is 4.28. The molecule has 1 heterocycles. The van der Waals surface area contributed by atoms with Crippen molar-refractivity contribution in [1.82, 2.24) is 15.0 Å². The van der Waals surface area contributed by atoms with Gasteiger partial charge in [0.15, 0.2) is 5.69 Å². The number of esters is 1. The number of nitrogens with zero attached hydrogens (tertiary/aromatic N) is 3. The number of ether oxygens (including phenoxy) is 1. The zero-order valence-corrected chi connectivity index (χ0v) is 11.2. The zero-order chi connectivity index (χ0) is 13.0. The largest absolute Gasteiger partial charge is 0.461 e. The molecule has 1 aliphatic carbocycles. The molecule has 0 N–H and O–H groups in total. The Morgan fingerprint density at radius 3 is 2.72 bits per heavy atom. The van der Waals surface area contributed by atoms with Crippen molar-refractivity contribution in [1.29, 1.82) is 0 Å². The molecule has 0 amide bonds. The second-order valence-electron chi connectivity index (χ2n) is 4.74. The van der Waals surface area contributed by atoms with Gasteiger partial charge in [0.25, 0.3) is 0 Å². The van der Waals surface area contributed by atoms with Crippen molar-refractivity contribution in [3.8, 4) is 0 Å². The maximum Gasteiger partial charge on any atom is 0.360 e. The molecule has 0 unspecified atom stereocenters. The maximum atomic E-state index is 11.8. The van der Waals surface area contributed by atoms with Gasteiger partial charge in [-0.3, -0.25) is 0 Å². The molecule has 0 aromatic carbocycles. The lowest BCUT2D eigenvalue weighted by Crippen LogP contribution is -2.13. The molecule has 1 aromatic rings. The summed E-state index contributed by atoms with van der Waals surface area (Å²) < 4.78 is 7.00. The van der Waals surface area contributed by atoms with E-state index in [4.69, 9.17) is 4.74 Å². The van der Waals surface area contributed by atoms with E-state index in [0.29, 0.717) is 18.3 Å². The van der Waals surface area contributed by atoms with Crippen LogP contribution in [0.1, 0.15) is 68.2 Å². The first-order valence-electron chi connectivity index (χ1n) is 6.89. The van der Waals surface area contributed by atoms with E-state index in [9.17, 15) is 4.79 Å². The van der Waals surface area contributed by atoms with Gasteiger partial charge in [-0.2, -0.15) is 0 Å². The van der Waals surface area contributed by atoms with Gasteiger partial charge in [0.2, 0.25) is 0 Å². The fourth-order valence-electron chi connectivity index (χ4n) is 2.58. The average molecular weight is 251 g/mol. The predicted molar refractivity (Wildman–Crippen MR) is 67.5 cm³/mol. The molecule has 1 aliphatic rings. The van der Waals surface area contributed by atoms with E-state index in [1.165, 1.54) is 12.8 Å². The molecular weight excluding hydrogens is 230 g/mol. The van der Waals surface area contributed by atoms with Crippen LogP contribution in [0.25, 0.3) is 0 Å². The van der Waals surface area contributed by atoms with E-state index in [1.54, 1.807) is 6.92 Å². The number of hydrogen-bond donors (Lipinski definition) is 0. The third-order valence-corrected chi connectivity index (χ3v) is 3.42. The highest BCUT2D eigenvalue weighted by Gasteiger charge is 2.26. The molecular formula is C13H21N3O2. The number of aromatic nitrogens is 3. The third kappa shape index (κ3) is 2.54. The van der Waals surface area contributed by atoms with Gasteiger partial charge in [-0.25, -0.2) is 9.48 Å². The van der Waals surface area contributed by atoms with Gasteiger partial charge in [0, 0.05) is 0 Å². The van der Waals surface area contributed by atoms with Crippen LogP contribution >= 0.6 is 0 Å². The first-order chi connectivity index (χ1) is 8.77. The molecule has 1 aromatic heterocycles. The Morgan fingerprint density at radius 2 is 2.11 bits per heavy atom. The normalized spacial score (nSPS) is 16.1. The number of rotatable bonds is 5. The standard InChI is InChI=1S/C13H21N3O2/c1-3-7-11-12(13(17)18-4-2)14-15-16(11)10-8-5-6-9-10/h10H,3-9H2,1-2H3. The van der Waals surface area contributed by atoms with Crippen molar-refractivity contribution in [2.45, 2.75) is 58.4 Å². The van der Waals surface area contributed by atoms with Crippen LogP contribution in [0.4, 0.5) is 0 Å². The van der Waals surface area contributed by atoms with E-state index < -0.39 is 0 Å². The molecule has 0 radical (unpaired) electrons. The second-order valence-corrected chi connectivity index (χ2v) is 4.74. The highest BCUT2D eigenvalue weighted by Crippen LogP contribution is 2.30. The number of carbonyl (C=O) groups is 1. The third-order valence-electron chi connectivity index (χ3n) is 3.42. The van der Waals surface area contributed by atoms with Crippen LogP contribution < -0.4 is 0 Å². The summed E-state index contributed by atoms with van der Waals surface area (Å²) in [5.74, 6) is -0.342. The van der Waals surface area contributed by atoms with E-state index in [1.807, 2.05) is 4.68 Å². The van der Waals surface area contributed by atoms with Crippen molar-refractivity contribution < 1.29 is 9.53 Å². The summed E-state index contributed by atoms with van der Waals surface area (Å²) in [6, 6.07) is 0.419. The van der Waals surface area contributed by atoms with Crippen LogP contribution in [0.15, 0.2) is 0 Å². The topological polar surface area (TPSA) is 57.0 Å². The minimum atomic E-state index is -0.342. The lowest BCUT2D eigenvalue weighted by molar-refractivity contribution is 0.0518. The molecule has 5 nitrogen and oxygen atoms in total. The first-order valence-corrected chi connectivity index (χ1v) is 6.89. The molecule has 2 rings (SSSR count). The highest BCUT2D eigenvalue weighted by atomic mass is 16.5. The molecule has 5 heteroatoms. The van der Waals surface area contributed by atoms with Gasteiger partial charge in [-0.15, -0.1) is 5.10 Å². The molecule has 0 spiro atoms. The summed E-state index contributed by atoms with van der Waals surface area (Å²) in [4.78, 5) is 11.8. The van der Waals surface area contributed by atoms with Gasteiger partial charge < -0.3 is 4.74 Å². The van der Waals surface area contributed by atoms with Crippen LogP contribution in [-0.2, 0) is 11.2 Å². The summed E-state index contributed by atoms with van der Waals surface area (Å²) in [7, 11) is 0. The molecule has 1 saturated carbocycles. The van der Waals surface area contributed by atoms with Crippen LogP contribution in [0.5, 0.6) is 0 Å². The Morgan fingerprint density at radius 1 is 1.39 bits per heavy atom. The molecule has 0 saturated heterocycles. The fourth-order valence-corrected chi connectivity index (χ4v) is 2.58. The summed E-state index contributed by atoms with van der Waals surface area (Å²) in [5, 5.41) is 8.22. The Kier molecular flexibility index (Phi) is 4.33. The predicted octanol–water partition coefficient (Wildman–Crippen LogP) is 2.52. The Balaban J connectivity index is 2.26. The lowest BCUT2D eigenvalue weighted by Gasteiger charge is -2.13. The lowest BCUT2D eigenvalue weighted by atomic mass is 10.1. The highest BCUT2D eigenvalue weighted by molar-refractivity contribution is 5.88. The monoisotopic (exact) mass is 251 g/mol. The second kappa shape index (κ2) is 5.98.